The van der Waals surface area contributed by atoms with Crippen molar-refractivity contribution in [2.75, 3.05) is 0 Å². The highest BCUT2D eigenvalue weighted by Gasteiger charge is 2.28. The molecule has 0 aliphatic heterocycles. The van der Waals surface area contributed by atoms with Gasteiger partial charge in [0.15, 0.2) is 0 Å². The SMILES string of the molecule is OC(c1ccccc1)C(c1ccccn1)n1nnc2ccccc21. The number of benzene rings is 2. The van der Waals surface area contributed by atoms with Crippen molar-refractivity contribution in [3.8, 4) is 0 Å². The van der Waals surface area contributed by atoms with Crippen molar-refractivity contribution < 1.29 is 5.11 Å². The molecule has 0 bridgehead atoms. The Kier molecular flexibility index (Phi) is 3.76. The van der Waals surface area contributed by atoms with Crippen molar-refractivity contribution in [1.29, 1.82) is 0 Å². The number of pyridine rings is 1. The predicted molar refractivity (Wildman–Crippen MR) is 91.3 cm³/mol. The summed E-state index contributed by atoms with van der Waals surface area (Å²) in [5.41, 5.74) is 3.21. The van der Waals surface area contributed by atoms with E-state index in [0.29, 0.717) is 0 Å². The van der Waals surface area contributed by atoms with Crippen LogP contribution in [-0.2, 0) is 0 Å². The van der Waals surface area contributed by atoms with E-state index >= 15 is 0 Å². The van der Waals surface area contributed by atoms with Crippen molar-refractivity contribution in [3.63, 3.8) is 0 Å². The number of rotatable bonds is 4. The van der Waals surface area contributed by atoms with Crippen molar-refractivity contribution in [2.24, 2.45) is 0 Å². The van der Waals surface area contributed by atoms with Crippen LogP contribution >= 0.6 is 0 Å². The molecule has 118 valence electrons. The first-order valence-corrected chi connectivity index (χ1v) is 7.78. The van der Waals surface area contributed by atoms with Gasteiger partial charge in [0, 0.05) is 6.20 Å². The minimum absolute atomic E-state index is 0.457. The molecule has 0 aliphatic rings. The first-order valence-electron chi connectivity index (χ1n) is 7.78. The van der Waals surface area contributed by atoms with Crippen LogP contribution in [0, 0.1) is 0 Å². The van der Waals surface area contributed by atoms with Crippen LogP contribution in [0.1, 0.15) is 23.4 Å². The molecule has 0 spiro atoms. The Hall–Kier alpha value is -3.05. The molecule has 5 nitrogen and oxygen atoms in total. The van der Waals surface area contributed by atoms with Gasteiger partial charge in [-0.05, 0) is 29.8 Å². The Morgan fingerprint density at radius 3 is 2.38 bits per heavy atom. The zero-order valence-electron chi connectivity index (χ0n) is 12.9. The molecule has 4 aromatic rings. The van der Waals surface area contributed by atoms with Crippen LogP contribution in [0.4, 0.5) is 0 Å². The molecular formula is C19H16N4O. The fourth-order valence-electron chi connectivity index (χ4n) is 2.90. The van der Waals surface area contributed by atoms with Gasteiger partial charge >= 0.3 is 0 Å². The number of hydrogen-bond donors (Lipinski definition) is 1. The monoisotopic (exact) mass is 316 g/mol. The first kappa shape index (κ1) is 14.5. The molecule has 0 amide bonds. The van der Waals surface area contributed by atoms with Crippen LogP contribution in [0.25, 0.3) is 11.0 Å². The zero-order valence-corrected chi connectivity index (χ0v) is 12.9. The molecule has 24 heavy (non-hydrogen) atoms. The van der Waals surface area contributed by atoms with E-state index in [-0.39, 0.29) is 0 Å². The van der Waals surface area contributed by atoms with E-state index in [1.165, 1.54) is 0 Å². The van der Waals surface area contributed by atoms with Crippen LogP contribution in [0.15, 0.2) is 79.0 Å². The van der Waals surface area contributed by atoms with E-state index in [0.717, 1.165) is 22.3 Å². The molecule has 0 fully saturated rings. The smallest absolute Gasteiger partial charge is 0.126 e. The number of fused-ring (bicyclic) bond motifs is 1. The average Bonchev–Trinajstić information content (AvgIpc) is 3.07. The molecular weight excluding hydrogens is 300 g/mol. The number of aliphatic hydroxyl groups excluding tert-OH is 1. The maximum absolute atomic E-state index is 11.0. The first-order chi connectivity index (χ1) is 11.8. The van der Waals surface area contributed by atoms with E-state index in [4.69, 9.17) is 0 Å². The Morgan fingerprint density at radius 2 is 1.58 bits per heavy atom. The molecule has 0 aliphatic carbocycles. The normalized spacial score (nSPS) is 13.7. The molecule has 2 heterocycles. The van der Waals surface area contributed by atoms with Gasteiger partial charge in [-0.1, -0.05) is 53.7 Å². The summed E-state index contributed by atoms with van der Waals surface area (Å²) in [6.45, 7) is 0. The number of nitrogens with zero attached hydrogens (tertiary/aromatic N) is 4. The van der Waals surface area contributed by atoms with Gasteiger partial charge in [-0.25, -0.2) is 4.68 Å². The molecule has 0 radical (unpaired) electrons. The number of aromatic nitrogens is 4. The number of hydrogen-bond acceptors (Lipinski definition) is 4. The Balaban J connectivity index is 1.88. The highest BCUT2D eigenvalue weighted by Crippen LogP contribution is 2.32. The summed E-state index contributed by atoms with van der Waals surface area (Å²) in [7, 11) is 0. The van der Waals surface area contributed by atoms with Crippen LogP contribution in [0.5, 0.6) is 0 Å². The summed E-state index contributed by atoms with van der Waals surface area (Å²) >= 11 is 0. The topological polar surface area (TPSA) is 63.8 Å². The summed E-state index contributed by atoms with van der Waals surface area (Å²) in [6.07, 6.45) is 0.935. The summed E-state index contributed by atoms with van der Waals surface area (Å²) in [6, 6.07) is 22.5. The van der Waals surface area contributed by atoms with Crippen LogP contribution in [0.2, 0.25) is 0 Å². The molecule has 0 saturated heterocycles. The van der Waals surface area contributed by atoms with Gasteiger partial charge in [0.25, 0.3) is 0 Å². The van der Waals surface area contributed by atoms with Gasteiger partial charge in [-0.2, -0.15) is 0 Å². The third kappa shape index (κ3) is 2.55. The third-order valence-corrected chi connectivity index (χ3v) is 4.07. The zero-order chi connectivity index (χ0) is 16.4. The lowest BCUT2D eigenvalue weighted by Gasteiger charge is -2.23. The second kappa shape index (κ2) is 6.22. The largest absolute Gasteiger partial charge is 0.386 e. The number of para-hydroxylation sites is 1. The molecule has 1 N–H and O–H groups in total. The highest BCUT2D eigenvalue weighted by atomic mass is 16.3. The Morgan fingerprint density at radius 1 is 0.833 bits per heavy atom. The van der Waals surface area contributed by atoms with Crippen LogP contribution in [0.3, 0.4) is 0 Å². The summed E-state index contributed by atoms with van der Waals surface area (Å²) in [5, 5.41) is 19.5. The van der Waals surface area contributed by atoms with E-state index in [1.54, 1.807) is 10.9 Å². The van der Waals surface area contributed by atoms with E-state index < -0.39 is 12.1 Å². The van der Waals surface area contributed by atoms with E-state index in [2.05, 4.69) is 15.3 Å². The van der Waals surface area contributed by atoms with Crippen molar-refractivity contribution in [2.45, 2.75) is 12.1 Å². The highest BCUT2D eigenvalue weighted by molar-refractivity contribution is 5.74. The molecule has 2 unspecified atom stereocenters. The van der Waals surface area contributed by atoms with Crippen molar-refractivity contribution in [1.82, 2.24) is 20.0 Å². The second-order valence-electron chi connectivity index (χ2n) is 5.58. The second-order valence-corrected chi connectivity index (χ2v) is 5.58. The lowest BCUT2D eigenvalue weighted by molar-refractivity contribution is 0.124. The van der Waals surface area contributed by atoms with Crippen LogP contribution in [-0.4, -0.2) is 25.1 Å². The molecule has 2 aromatic carbocycles. The third-order valence-electron chi connectivity index (χ3n) is 4.07. The maximum Gasteiger partial charge on any atom is 0.126 e. The van der Waals surface area contributed by atoms with E-state index in [9.17, 15) is 5.11 Å². The van der Waals surface area contributed by atoms with Gasteiger partial charge in [0.1, 0.15) is 17.7 Å². The minimum Gasteiger partial charge on any atom is -0.386 e. The molecule has 4 rings (SSSR count). The van der Waals surface area contributed by atoms with E-state index in [1.807, 2.05) is 72.8 Å². The Bertz CT molecular complexity index is 937. The van der Waals surface area contributed by atoms with Crippen LogP contribution < -0.4 is 0 Å². The van der Waals surface area contributed by atoms with Gasteiger partial charge in [0.2, 0.25) is 0 Å². The quantitative estimate of drug-likeness (QED) is 0.628. The van der Waals surface area contributed by atoms with Crippen molar-refractivity contribution >= 4 is 11.0 Å². The summed E-state index contributed by atoms with van der Waals surface area (Å²) in [5.74, 6) is 0. The summed E-state index contributed by atoms with van der Waals surface area (Å²) < 4.78 is 1.75. The van der Waals surface area contributed by atoms with Gasteiger partial charge in [-0.15, -0.1) is 5.10 Å². The number of aliphatic hydroxyl groups is 1. The fourth-order valence-corrected chi connectivity index (χ4v) is 2.90. The van der Waals surface area contributed by atoms with Crippen molar-refractivity contribution in [3.05, 3.63) is 90.3 Å². The van der Waals surface area contributed by atoms with Gasteiger partial charge in [-0.3, -0.25) is 4.98 Å². The predicted octanol–water partition coefficient (Wildman–Crippen LogP) is 3.15. The Labute approximate surface area is 139 Å². The minimum atomic E-state index is -0.786. The lowest BCUT2D eigenvalue weighted by atomic mass is 9.99. The molecule has 2 atom stereocenters. The standard InChI is InChI=1S/C19H16N4O/c24-19(14-8-2-1-3-9-14)18(16-11-6-7-13-20-16)23-17-12-5-4-10-15(17)21-22-23/h1-13,18-19,24H. The van der Waals surface area contributed by atoms with Gasteiger partial charge in [0.05, 0.1) is 11.2 Å². The fraction of sp³-hybridized carbons (Fsp3) is 0.105. The molecule has 0 saturated carbocycles. The summed E-state index contributed by atoms with van der Waals surface area (Å²) in [4.78, 5) is 4.44. The molecule has 5 heteroatoms. The van der Waals surface area contributed by atoms with Gasteiger partial charge < -0.3 is 5.11 Å². The maximum atomic E-state index is 11.0. The lowest BCUT2D eigenvalue weighted by Crippen LogP contribution is -2.21. The molecule has 2 aromatic heterocycles. The average molecular weight is 316 g/mol.